The molecule has 0 aromatic heterocycles. The van der Waals surface area contributed by atoms with Crippen LogP contribution in [0, 0.1) is 5.41 Å². The van der Waals surface area contributed by atoms with Crippen molar-refractivity contribution in [2.45, 2.75) is 57.9 Å². The molecule has 1 aromatic rings. The Morgan fingerprint density at radius 3 is 2.35 bits per heavy atom. The van der Waals surface area contributed by atoms with E-state index in [2.05, 4.69) is 20.8 Å². The van der Waals surface area contributed by atoms with Gasteiger partial charge >= 0.3 is 0 Å². The molecule has 0 radical (unpaired) electrons. The zero-order valence-electron chi connectivity index (χ0n) is 12.7. The molecule has 2 atom stereocenters. The number of hydrogen-bond donors (Lipinski definition) is 0. The van der Waals surface area contributed by atoms with E-state index in [1.807, 2.05) is 24.3 Å². The zero-order chi connectivity index (χ0) is 14.6. The van der Waals surface area contributed by atoms with Gasteiger partial charge in [0.15, 0.2) is 11.5 Å². The molecule has 20 heavy (non-hydrogen) atoms. The van der Waals surface area contributed by atoms with Crippen LogP contribution in [0.5, 0.6) is 11.5 Å². The minimum atomic E-state index is 0.111. The topological polar surface area (TPSA) is 18.5 Å². The Hall–Kier alpha value is -0.890. The average Bonchev–Trinajstić information content (AvgIpc) is 2.47. The standard InChI is InChI=1S/C17H25ClO2/c1-4-11-19-13-9-7-8-10-14(13)20-16-12-15(18)17(16,5-2)6-3/h7-10,15-16H,4-6,11-12H2,1-3H3. The SMILES string of the molecule is CCCOc1ccccc1OC1CC(Cl)C1(CC)CC. The van der Waals surface area contributed by atoms with Crippen LogP contribution in [-0.2, 0) is 0 Å². The van der Waals surface area contributed by atoms with Crippen LogP contribution in [0.4, 0.5) is 0 Å². The predicted octanol–water partition coefficient (Wildman–Crippen LogP) is 5.04. The lowest BCUT2D eigenvalue weighted by molar-refractivity contribution is -0.0474. The van der Waals surface area contributed by atoms with Gasteiger partial charge in [-0.05, 0) is 31.4 Å². The Kier molecular flexibility index (Phi) is 5.20. The van der Waals surface area contributed by atoms with E-state index in [9.17, 15) is 0 Å². The lowest BCUT2D eigenvalue weighted by atomic mass is 9.62. The first kappa shape index (κ1) is 15.5. The van der Waals surface area contributed by atoms with Crippen LogP contribution in [0.25, 0.3) is 0 Å². The van der Waals surface area contributed by atoms with Gasteiger partial charge in [0.2, 0.25) is 0 Å². The van der Waals surface area contributed by atoms with Crippen molar-refractivity contribution in [3.8, 4) is 11.5 Å². The van der Waals surface area contributed by atoms with Crippen LogP contribution in [0.3, 0.4) is 0 Å². The second kappa shape index (κ2) is 6.71. The fourth-order valence-corrected chi connectivity index (χ4v) is 3.66. The molecule has 0 heterocycles. The van der Waals surface area contributed by atoms with Crippen molar-refractivity contribution in [1.29, 1.82) is 0 Å². The van der Waals surface area contributed by atoms with Crippen molar-refractivity contribution in [2.75, 3.05) is 6.61 Å². The van der Waals surface area contributed by atoms with Gasteiger partial charge in [-0.15, -0.1) is 11.6 Å². The second-order valence-electron chi connectivity index (χ2n) is 5.55. The van der Waals surface area contributed by atoms with Crippen LogP contribution in [0.1, 0.15) is 46.5 Å². The first-order valence-corrected chi connectivity index (χ1v) is 8.14. The van der Waals surface area contributed by atoms with Crippen LogP contribution >= 0.6 is 11.6 Å². The molecular weight excluding hydrogens is 272 g/mol. The number of halogens is 1. The van der Waals surface area contributed by atoms with Crippen LogP contribution in [0.15, 0.2) is 24.3 Å². The molecule has 1 aromatic carbocycles. The Balaban J connectivity index is 2.10. The van der Waals surface area contributed by atoms with Gasteiger partial charge in [0.05, 0.1) is 6.61 Å². The van der Waals surface area contributed by atoms with Crippen molar-refractivity contribution < 1.29 is 9.47 Å². The molecule has 3 heteroatoms. The maximum atomic E-state index is 6.45. The van der Waals surface area contributed by atoms with E-state index in [-0.39, 0.29) is 16.9 Å². The molecule has 1 saturated carbocycles. The predicted molar refractivity (Wildman–Crippen MR) is 83.9 cm³/mol. The van der Waals surface area contributed by atoms with Gasteiger partial charge in [0, 0.05) is 17.2 Å². The summed E-state index contributed by atoms with van der Waals surface area (Å²) in [7, 11) is 0. The lowest BCUT2D eigenvalue weighted by Crippen LogP contribution is -2.56. The second-order valence-corrected chi connectivity index (χ2v) is 6.07. The van der Waals surface area contributed by atoms with E-state index in [4.69, 9.17) is 21.1 Å². The summed E-state index contributed by atoms with van der Waals surface area (Å²) in [5.41, 5.74) is 0.111. The zero-order valence-corrected chi connectivity index (χ0v) is 13.5. The van der Waals surface area contributed by atoms with Crippen molar-refractivity contribution in [2.24, 2.45) is 5.41 Å². The highest BCUT2D eigenvalue weighted by Gasteiger charge is 2.53. The van der Waals surface area contributed by atoms with Gasteiger partial charge in [0.25, 0.3) is 0 Å². The summed E-state index contributed by atoms with van der Waals surface area (Å²) in [5.74, 6) is 1.69. The molecule has 2 unspecified atom stereocenters. The van der Waals surface area contributed by atoms with E-state index in [1.54, 1.807) is 0 Å². The van der Waals surface area contributed by atoms with Gasteiger partial charge in [-0.2, -0.15) is 0 Å². The monoisotopic (exact) mass is 296 g/mol. The van der Waals surface area contributed by atoms with Crippen LogP contribution < -0.4 is 9.47 Å². The van der Waals surface area contributed by atoms with Crippen molar-refractivity contribution in [1.82, 2.24) is 0 Å². The molecule has 0 bridgehead atoms. The molecule has 2 nitrogen and oxygen atoms in total. The maximum absolute atomic E-state index is 6.45. The van der Waals surface area contributed by atoms with Crippen LogP contribution in [-0.4, -0.2) is 18.1 Å². The Bertz CT molecular complexity index is 429. The minimum Gasteiger partial charge on any atom is -0.490 e. The molecule has 0 spiro atoms. The number of ether oxygens (including phenoxy) is 2. The quantitative estimate of drug-likeness (QED) is 0.656. The Morgan fingerprint density at radius 2 is 1.80 bits per heavy atom. The van der Waals surface area contributed by atoms with E-state index in [1.165, 1.54) is 0 Å². The first-order valence-electron chi connectivity index (χ1n) is 7.70. The van der Waals surface area contributed by atoms with Crippen molar-refractivity contribution in [3.05, 3.63) is 24.3 Å². The molecule has 1 fully saturated rings. The summed E-state index contributed by atoms with van der Waals surface area (Å²) in [4.78, 5) is 0. The van der Waals surface area contributed by atoms with Crippen molar-refractivity contribution >= 4 is 11.6 Å². The molecule has 0 aliphatic heterocycles. The summed E-state index contributed by atoms with van der Waals surface area (Å²) in [6, 6.07) is 7.93. The van der Waals surface area contributed by atoms with Gasteiger partial charge < -0.3 is 9.47 Å². The molecule has 0 N–H and O–H groups in total. The number of benzene rings is 1. The van der Waals surface area contributed by atoms with Gasteiger partial charge in [-0.1, -0.05) is 32.9 Å². The molecule has 2 rings (SSSR count). The van der Waals surface area contributed by atoms with Crippen molar-refractivity contribution in [3.63, 3.8) is 0 Å². The van der Waals surface area contributed by atoms with E-state index < -0.39 is 0 Å². The third kappa shape index (κ3) is 2.76. The minimum absolute atomic E-state index is 0.111. The smallest absolute Gasteiger partial charge is 0.161 e. The third-order valence-electron chi connectivity index (χ3n) is 4.58. The largest absolute Gasteiger partial charge is 0.490 e. The highest BCUT2D eigenvalue weighted by molar-refractivity contribution is 6.21. The maximum Gasteiger partial charge on any atom is 0.161 e. The molecule has 1 aliphatic carbocycles. The normalized spacial score (nSPS) is 24.0. The highest BCUT2D eigenvalue weighted by Crippen LogP contribution is 2.52. The summed E-state index contributed by atoms with van der Waals surface area (Å²) in [6.07, 6.45) is 4.23. The number of alkyl halides is 1. The summed E-state index contributed by atoms with van der Waals surface area (Å²) in [5, 5.41) is 0.228. The highest BCUT2D eigenvalue weighted by atomic mass is 35.5. The summed E-state index contributed by atoms with van der Waals surface area (Å²) in [6.45, 7) is 7.23. The Morgan fingerprint density at radius 1 is 1.15 bits per heavy atom. The van der Waals surface area contributed by atoms with Gasteiger partial charge in [-0.25, -0.2) is 0 Å². The van der Waals surface area contributed by atoms with Gasteiger partial charge in [-0.3, -0.25) is 0 Å². The van der Waals surface area contributed by atoms with Gasteiger partial charge in [0.1, 0.15) is 6.10 Å². The summed E-state index contributed by atoms with van der Waals surface area (Å²) < 4.78 is 12.0. The fourth-order valence-electron chi connectivity index (χ4n) is 3.04. The molecule has 112 valence electrons. The fraction of sp³-hybridized carbons (Fsp3) is 0.647. The number of rotatable bonds is 7. The Labute approximate surface area is 127 Å². The lowest BCUT2D eigenvalue weighted by Gasteiger charge is -2.52. The summed E-state index contributed by atoms with van der Waals surface area (Å²) >= 11 is 6.45. The third-order valence-corrected chi connectivity index (χ3v) is 5.20. The number of hydrogen-bond acceptors (Lipinski definition) is 2. The molecule has 0 saturated heterocycles. The van der Waals surface area contributed by atoms with E-state index >= 15 is 0 Å². The molecule has 0 amide bonds. The molecule has 1 aliphatic rings. The first-order chi connectivity index (χ1) is 9.67. The molecular formula is C17H25ClO2. The number of para-hydroxylation sites is 2. The van der Waals surface area contributed by atoms with Crippen LogP contribution in [0.2, 0.25) is 0 Å². The van der Waals surface area contributed by atoms with E-state index in [0.717, 1.165) is 43.8 Å². The van der Waals surface area contributed by atoms with E-state index in [0.29, 0.717) is 0 Å². The average molecular weight is 297 g/mol.